The van der Waals surface area contributed by atoms with Crippen LogP contribution in [0, 0.1) is 0 Å². The van der Waals surface area contributed by atoms with Crippen LogP contribution in [0.4, 0.5) is 0 Å². The van der Waals surface area contributed by atoms with Crippen molar-refractivity contribution in [2.24, 2.45) is 0 Å². The Labute approximate surface area is 155 Å². The van der Waals surface area contributed by atoms with Gasteiger partial charge in [-0.05, 0) is 35.9 Å². The van der Waals surface area contributed by atoms with Crippen molar-refractivity contribution in [3.63, 3.8) is 0 Å². The molecule has 0 aromatic heterocycles. The molecule has 136 valence electrons. The molecule has 3 rings (SSSR count). The fraction of sp³-hybridized carbons (Fsp3) is 0.263. The zero-order chi connectivity index (χ0) is 18.5. The highest BCUT2D eigenvalue weighted by atomic mass is 35.5. The molecule has 1 aliphatic rings. The summed E-state index contributed by atoms with van der Waals surface area (Å²) in [7, 11) is 0. The van der Waals surface area contributed by atoms with Crippen LogP contribution in [0.1, 0.15) is 10.4 Å². The third kappa shape index (κ3) is 4.33. The molecular weight excluding hydrogens is 358 g/mol. The summed E-state index contributed by atoms with van der Waals surface area (Å²) in [6, 6.07) is 12.1. The van der Waals surface area contributed by atoms with Crippen molar-refractivity contribution in [3.8, 4) is 16.9 Å². The van der Waals surface area contributed by atoms with Gasteiger partial charge in [-0.3, -0.25) is 4.79 Å². The number of carbonyl (C=O) groups is 2. The van der Waals surface area contributed by atoms with Crippen molar-refractivity contribution < 1.29 is 24.2 Å². The SMILES string of the molecule is O=C(O)COc1ccc(Cl)cc1-c1ccc(C(=O)N2CCOCC2)cc1. The summed E-state index contributed by atoms with van der Waals surface area (Å²) in [5.41, 5.74) is 2.04. The number of carbonyl (C=O) groups excluding carboxylic acids is 1. The molecule has 1 saturated heterocycles. The average Bonchev–Trinajstić information content (AvgIpc) is 2.67. The molecule has 0 unspecified atom stereocenters. The molecule has 6 nitrogen and oxygen atoms in total. The topological polar surface area (TPSA) is 76.1 Å². The van der Waals surface area contributed by atoms with Gasteiger partial charge in [-0.1, -0.05) is 23.7 Å². The van der Waals surface area contributed by atoms with E-state index in [1.54, 1.807) is 47.4 Å². The lowest BCUT2D eigenvalue weighted by atomic mass is 10.0. The van der Waals surface area contributed by atoms with Crippen LogP contribution in [0.15, 0.2) is 42.5 Å². The van der Waals surface area contributed by atoms with Crippen molar-refractivity contribution in [1.29, 1.82) is 0 Å². The third-order valence-electron chi connectivity index (χ3n) is 4.03. The molecule has 1 heterocycles. The second-order valence-corrected chi connectivity index (χ2v) is 6.24. The Bertz CT molecular complexity index is 800. The highest BCUT2D eigenvalue weighted by molar-refractivity contribution is 6.31. The molecular formula is C19H18ClNO5. The summed E-state index contributed by atoms with van der Waals surface area (Å²) in [6.45, 7) is 1.83. The predicted octanol–water partition coefficient (Wildman–Crippen LogP) is 2.94. The van der Waals surface area contributed by atoms with Crippen LogP contribution in [0.3, 0.4) is 0 Å². The summed E-state index contributed by atoms with van der Waals surface area (Å²) < 4.78 is 10.6. The van der Waals surface area contributed by atoms with Crippen LogP contribution < -0.4 is 4.74 Å². The third-order valence-corrected chi connectivity index (χ3v) is 4.27. The largest absolute Gasteiger partial charge is 0.481 e. The first-order valence-corrected chi connectivity index (χ1v) is 8.54. The van der Waals surface area contributed by atoms with Gasteiger partial charge in [0.05, 0.1) is 13.2 Å². The number of halogens is 1. The summed E-state index contributed by atoms with van der Waals surface area (Å²) in [4.78, 5) is 25.0. The standard InChI is InChI=1S/C19H18ClNO5/c20-15-5-6-17(26-12-18(22)23)16(11-15)13-1-3-14(4-2-13)19(24)21-7-9-25-10-8-21/h1-6,11H,7-10,12H2,(H,22,23). The fourth-order valence-corrected chi connectivity index (χ4v) is 2.91. The second-order valence-electron chi connectivity index (χ2n) is 5.80. The summed E-state index contributed by atoms with van der Waals surface area (Å²) >= 11 is 6.07. The lowest BCUT2D eigenvalue weighted by Crippen LogP contribution is -2.40. The molecule has 1 amide bonds. The monoisotopic (exact) mass is 375 g/mol. The number of rotatable bonds is 5. The van der Waals surface area contributed by atoms with E-state index in [-0.39, 0.29) is 5.91 Å². The minimum absolute atomic E-state index is 0.0340. The Balaban J connectivity index is 1.82. The first-order valence-electron chi connectivity index (χ1n) is 8.16. The minimum atomic E-state index is -1.06. The Morgan fingerprint density at radius 2 is 1.81 bits per heavy atom. The van der Waals surface area contributed by atoms with Crippen LogP contribution >= 0.6 is 11.6 Å². The maximum absolute atomic E-state index is 12.5. The van der Waals surface area contributed by atoms with E-state index in [9.17, 15) is 9.59 Å². The number of morpholine rings is 1. The normalized spacial score (nSPS) is 14.1. The molecule has 0 radical (unpaired) electrons. The van der Waals surface area contributed by atoms with Crippen LogP contribution in [0.5, 0.6) is 5.75 Å². The van der Waals surface area contributed by atoms with E-state index in [4.69, 9.17) is 26.2 Å². The van der Waals surface area contributed by atoms with E-state index in [2.05, 4.69) is 0 Å². The van der Waals surface area contributed by atoms with Gasteiger partial charge >= 0.3 is 5.97 Å². The fourth-order valence-electron chi connectivity index (χ4n) is 2.73. The Morgan fingerprint density at radius 3 is 2.46 bits per heavy atom. The summed E-state index contributed by atoms with van der Waals surface area (Å²) in [5.74, 6) is -0.672. The molecule has 0 saturated carbocycles. The van der Waals surface area contributed by atoms with Gasteiger partial charge < -0.3 is 19.5 Å². The molecule has 0 spiro atoms. The molecule has 0 bridgehead atoms. The highest BCUT2D eigenvalue weighted by Gasteiger charge is 2.18. The Kier molecular flexibility index (Phi) is 5.75. The maximum Gasteiger partial charge on any atom is 0.341 e. The quantitative estimate of drug-likeness (QED) is 0.869. The van der Waals surface area contributed by atoms with Gasteiger partial charge in [0.2, 0.25) is 0 Å². The van der Waals surface area contributed by atoms with Crippen molar-refractivity contribution in [2.75, 3.05) is 32.9 Å². The molecule has 26 heavy (non-hydrogen) atoms. The van der Waals surface area contributed by atoms with E-state index in [1.165, 1.54) is 0 Å². The number of carboxylic acids is 1. The van der Waals surface area contributed by atoms with Crippen molar-refractivity contribution in [3.05, 3.63) is 53.1 Å². The van der Waals surface area contributed by atoms with Crippen LogP contribution in [-0.2, 0) is 9.53 Å². The molecule has 7 heteroatoms. The zero-order valence-corrected chi connectivity index (χ0v) is 14.7. The van der Waals surface area contributed by atoms with Gasteiger partial charge in [-0.15, -0.1) is 0 Å². The minimum Gasteiger partial charge on any atom is -0.481 e. The van der Waals surface area contributed by atoms with E-state index in [0.29, 0.717) is 48.2 Å². The molecule has 1 aliphatic heterocycles. The first kappa shape index (κ1) is 18.2. The average molecular weight is 376 g/mol. The molecule has 0 aliphatic carbocycles. The number of hydrogen-bond donors (Lipinski definition) is 1. The summed E-state index contributed by atoms with van der Waals surface area (Å²) in [5, 5.41) is 9.32. The van der Waals surface area contributed by atoms with Gasteiger partial charge in [-0.2, -0.15) is 0 Å². The number of carboxylic acid groups (broad SMARTS) is 1. The number of aliphatic carboxylic acids is 1. The van der Waals surface area contributed by atoms with Crippen LogP contribution in [0.2, 0.25) is 5.02 Å². The molecule has 1 fully saturated rings. The van der Waals surface area contributed by atoms with E-state index in [1.807, 2.05) is 0 Å². The van der Waals surface area contributed by atoms with E-state index < -0.39 is 12.6 Å². The van der Waals surface area contributed by atoms with E-state index in [0.717, 1.165) is 5.56 Å². The van der Waals surface area contributed by atoms with Crippen molar-refractivity contribution >= 4 is 23.5 Å². The van der Waals surface area contributed by atoms with Crippen molar-refractivity contribution in [1.82, 2.24) is 4.90 Å². The van der Waals surface area contributed by atoms with Gasteiger partial charge in [0.1, 0.15) is 5.75 Å². The van der Waals surface area contributed by atoms with Gasteiger partial charge in [0.15, 0.2) is 6.61 Å². The highest BCUT2D eigenvalue weighted by Crippen LogP contribution is 2.33. The Morgan fingerprint density at radius 1 is 1.12 bits per heavy atom. The summed E-state index contributed by atoms with van der Waals surface area (Å²) in [6.07, 6.45) is 0. The molecule has 2 aromatic carbocycles. The smallest absolute Gasteiger partial charge is 0.341 e. The Hall–Kier alpha value is -2.57. The number of benzene rings is 2. The van der Waals surface area contributed by atoms with Crippen LogP contribution in [0.25, 0.3) is 11.1 Å². The second kappa shape index (κ2) is 8.21. The number of hydrogen-bond acceptors (Lipinski definition) is 4. The number of nitrogens with zero attached hydrogens (tertiary/aromatic N) is 1. The van der Waals surface area contributed by atoms with Crippen LogP contribution in [-0.4, -0.2) is 54.8 Å². The lowest BCUT2D eigenvalue weighted by molar-refractivity contribution is -0.139. The molecule has 0 atom stereocenters. The first-order chi connectivity index (χ1) is 12.5. The van der Waals surface area contributed by atoms with Gasteiger partial charge in [-0.25, -0.2) is 4.79 Å². The van der Waals surface area contributed by atoms with Gasteiger partial charge in [0.25, 0.3) is 5.91 Å². The predicted molar refractivity (Wildman–Crippen MR) is 96.7 cm³/mol. The number of ether oxygens (including phenoxy) is 2. The molecule has 1 N–H and O–H groups in total. The van der Waals surface area contributed by atoms with E-state index >= 15 is 0 Å². The number of amides is 1. The maximum atomic E-state index is 12.5. The van der Waals surface area contributed by atoms with Crippen molar-refractivity contribution in [2.45, 2.75) is 0 Å². The van der Waals surface area contributed by atoms with Gasteiger partial charge in [0, 0.05) is 29.2 Å². The zero-order valence-electron chi connectivity index (χ0n) is 14.0. The lowest BCUT2D eigenvalue weighted by Gasteiger charge is -2.26. The molecule has 2 aromatic rings.